The lowest BCUT2D eigenvalue weighted by Gasteiger charge is -2.23. The standard InChI is InChI=1S/C44H26Br2/c45-37-23-21-31-41-32(22-24-38(46)44(37)41)43-40(30-19-11-4-12-20-30)36-26-34(28-15-7-2-8-16-28)33(27-13-5-1-6-14-27)25-35(36)39(42(31)43)29-17-9-3-10-18-29/h1-26H. The molecular formula is C44H26Br2. The fourth-order valence-electron chi connectivity index (χ4n) is 7.42. The second-order valence-corrected chi connectivity index (χ2v) is 13.6. The van der Waals surface area contributed by atoms with Gasteiger partial charge in [0.15, 0.2) is 0 Å². The zero-order chi connectivity index (χ0) is 30.8. The van der Waals surface area contributed by atoms with Crippen LogP contribution < -0.4 is 0 Å². The number of fused-ring (bicyclic) bond motifs is 4. The van der Waals surface area contributed by atoms with Crippen molar-refractivity contribution in [3.63, 3.8) is 0 Å². The fourth-order valence-corrected chi connectivity index (χ4v) is 8.78. The monoisotopic (exact) mass is 712 g/mol. The molecule has 0 fully saturated rings. The average Bonchev–Trinajstić information content (AvgIpc) is 3.44. The molecule has 0 saturated carbocycles. The van der Waals surface area contributed by atoms with Gasteiger partial charge in [-0.25, -0.2) is 0 Å². The van der Waals surface area contributed by atoms with Crippen LogP contribution in [0.4, 0.5) is 0 Å². The second-order valence-electron chi connectivity index (χ2n) is 11.8. The second kappa shape index (κ2) is 10.9. The molecule has 0 N–H and O–H groups in total. The van der Waals surface area contributed by atoms with Gasteiger partial charge in [0.25, 0.3) is 0 Å². The Kier molecular flexibility index (Phi) is 6.55. The Bertz CT molecular complexity index is 2280. The van der Waals surface area contributed by atoms with Crippen molar-refractivity contribution in [3.05, 3.63) is 167 Å². The summed E-state index contributed by atoms with van der Waals surface area (Å²) in [6.45, 7) is 0. The van der Waals surface area contributed by atoms with E-state index in [-0.39, 0.29) is 0 Å². The van der Waals surface area contributed by atoms with Gasteiger partial charge in [-0.05, 0) is 107 Å². The maximum atomic E-state index is 3.90. The van der Waals surface area contributed by atoms with Gasteiger partial charge >= 0.3 is 0 Å². The van der Waals surface area contributed by atoms with Gasteiger partial charge in [0.1, 0.15) is 0 Å². The van der Waals surface area contributed by atoms with Crippen molar-refractivity contribution in [1.29, 1.82) is 0 Å². The van der Waals surface area contributed by atoms with Crippen LogP contribution in [-0.4, -0.2) is 0 Å². The SMILES string of the molecule is Brc1ccc2c3c(ccc(Br)c13)-c1c-2c(-c2ccccc2)c2cc(-c3ccccc3)c(-c3ccccc3)cc2c1-c1ccccc1. The molecule has 2 heteroatoms. The lowest BCUT2D eigenvalue weighted by Crippen LogP contribution is -1.96. The molecule has 1 aliphatic carbocycles. The molecule has 0 saturated heterocycles. The van der Waals surface area contributed by atoms with Gasteiger partial charge in [-0.1, -0.05) is 165 Å². The van der Waals surface area contributed by atoms with E-state index >= 15 is 0 Å². The largest absolute Gasteiger partial charge is 0.0622 e. The van der Waals surface area contributed by atoms with Crippen molar-refractivity contribution in [3.8, 4) is 66.8 Å². The van der Waals surface area contributed by atoms with E-state index in [2.05, 4.69) is 190 Å². The Morgan fingerprint density at radius 3 is 1.00 bits per heavy atom. The summed E-state index contributed by atoms with van der Waals surface area (Å²) >= 11 is 7.80. The summed E-state index contributed by atoms with van der Waals surface area (Å²) in [5.74, 6) is 0. The first-order valence-corrected chi connectivity index (χ1v) is 17.1. The number of hydrogen-bond acceptors (Lipinski definition) is 0. The highest BCUT2D eigenvalue weighted by Gasteiger charge is 2.32. The summed E-state index contributed by atoms with van der Waals surface area (Å²) in [6, 6.07) is 57.5. The highest BCUT2D eigenvalue weighted by molar-refractivity contribution is 9.11. The Morgan fingerprint density at radius 1 is 0.283 bits per heavy atom. The summed E-state index contributed by atoms with van der Waals surface area (Å²) in [6.07, 6.45) is 0. The van der Waals surface area contributed by atoms with Crippen molar-refractivity contribution in [2.75, 3.05) is 0 Å². The minimum absolute atomic E-state index is 1.09. The van der Waals surface area contributed by atoms with Gasteiger partial charge in [-0.15, -0.1) is 0 Å². The highest BCUT2D eigenvalue weighted by atomic mass is 79.9. The third-order valence-electron chi connectivity index (χ3n) is 9.34. The van der Waals surface area contributed by atoms with Crippen LogP contribution in [0.15, 0.2) is 167 Å². The van der Waals surface area contributed by atoms with Crippen molar-refractivity contribution >= 4 is 53.4 Å². The first-order chi connectivity index (χ1) is 22.7. The Labute approximate surface area is 285 Å². The van der Waals surface area contributed by atoms with Crippen LogP contribution >= 0.6 is 31.9 Å². The first kappa shape index (κ1) is 27.5. The molecule has 0 atom stereocenters. The van der Waals surface area contributed by atoms with Crippen LogP contribution in [0.1, 0.15) is 0 Å². The van der Waals surface area contributed by atoms with E-state index in [4.69, 9.17) is 0 Å². The molecular weight excluding hydrogens is 688 g/mol. The van der Waals surface area contributed by atoms with E-state index in [0.29, 0.717) is 0 Å². The molecule has 1 aliphatic rings. The minimum Gasteiger partial charge on any atom is -0.0622 e. The van der Waals surface area contributed by atoms with E-state index in [1.165, 1.54) is 88.3 Å². The molecule has 0 spiro atoms. The maximum Gasteiger partial charge on any atom is 0.0265 e. The van der Waals surface area contributed by atoms with Gasteiger partial charge in [0.2, 0.25) is 0 Å². The molecule has 0 aromatic heterocycles. The van der Waals surface area contributed by atoms with Crippen LogP contribution in [-0.2, 0) is 0 Å². The third kappa shape index (κ3) is 4.17. The van der Waals surface area contributed by atoms with Gasteiger partial charge in [0.05, 0.1) is 0 Å². The Balaban J connectivity index is 1.55. The number of rotatable bonds is 4. The van der Waals surface area contributed by atoms with Crippen LogP contribution in [0.2, 0.25) is 0 Å². The normalized spacial score (nSPS) is 11.7. The average molecular weight is 715 g/mol. The predicted molar refractivity (Wildman–Crippen MR) is 203 cm³/mol. The van der Waals surface area contributed by atoms with Crippen LogP contribution in [0.3, 0.4) is 0 Å². The van der Waals surface area contributed by atoms with E-state index in [1.807, 2.05) is 0 Å². The molecule has 46 heavy (non-hydrogen) atoms. The summed E-state index contributed by atoms with van der Waals surface area (Å²) in [5.41, 5.74) is 15.0. The summed E-state index contributed by atoms with van der Waals surface area (Å²) in [5, 5.41) is 5.01. The lowest BCUT2D eigenvalue weighted by atomic mass is 9.80. The smallest absolute Gasteiger partial charge is 0.0265 e. The van der Waals surface area contributed by atoms with Gasteiger partial charge in [-0.2, -0.15) is 0 Å². The van der Waals surface area contributed by atoms with E-state index in [0.717, 1.165) is 8.95 Å². The lowest BCUT2D eigenvalue weighted by molar-refractivity contribution is 1.59. The van der Waals surface area contributed by atoms with E-state index < -0.39 is 0 Å². The molecule has 0 radical (unpaired) electrons. The van der Waals surface area contributed by atoms with Gasteiger partial charge in [-0.3, -0.25) is 0 Å². The molecule has 8 aromatic rings. The molecule has 8 aromatic carbocycles. The van der Waals surface area contributed by atoms with Crippen molar-refractivity contribution in [1.82, 2.24) is 0 Å². The molecule has 216 valence electrons. The fraction of sp³-hybridized carbons (Fsp3) is 0. The van der Waals surface area contributed by atoms with Crippen LogP contribution in [0.25, 0.3) is 88.3 Å². The number of benzene rings is 8. The molecule has 0 amide bonds. The van der Waals surface area contributed by atoms with Gasteiger partial charge in [0, 0.05) is 14.3 Å². The van der Waals surface area contributed by atoms with Crippen LogP contribution in [0, 0.1) is 0 Å². The molecule has 0 aliphatic heterocycles. The Morgan fingerprint density at radius 2 is 0.630 bits per heavy atom. The number of hydrogen-bond donors (Lipinski definition) is 0. The maximum absolute atomic E-state index is 3.90. The zero-order valence-corrected chi connectivity index (χ0v) is 27.9. The molecule has 9 rings (SSSR count). The van der Waals surface area contributed by atoms with Crippen molar-refractivity contribution in [2.45, 2.75) is 0 Å². The van der Waals surface area contributed by atoms with Gasteiger partial charge < -0.3 is 0 Å². The molecule has 0 unspecified atom stereocenters. The Hall–Kier alpha value is -4.76. The minimum atomic E-state index is 1.09. The van der Waals surface area contributed by atoms with E-state index in [9.17, 15) is 0 Å². The topological polar surface area (TPSA) is 0 Å². The molecule has 0 bridgehead atoms. The first-order valence-electron chi connectivity index (χ1n) is 15.5. The molecule has 0 heterocycles. The van der Waals surface area contributed by atoms with Crippen molar-refractivity contribution < 1.29 is 0 Å². The molecule has 0 nitrogen and oxygen atoms in total. The number of halogens is 2. The van der Waals surface area contributed by atoms with Crippen molar-refractivity contribution in [2.24, 2.45) is 0 Å². The zero-order valence-electron chi connectivity index (χ0n) is 24.8. The highest BCUT2D eigenvalue weighted by Crippen LogP contribution is 2.59. The summed E-state index contributed by atoms with van der Waals surface area (Å²) < 4.78 is 2.19. The summed E-state index contributed by atoms with van der Waals surface area (Å²) in [7, 11) is 0. The quantitative estimate of drug-likeness (QED) is 0.170. The van der Waals surface area contributed by atoms with Crippen LogP contribution in [0.5, 0.6) is 0 Å². The third-order valence-corrected chi connectivity index (χ3v) is 10.7. The van der Waals surface area contributed by atoms with E-state index in [1.54, 1.807) is 0 Å². The predicted octanol–water partition coefficient (Wildman–Crippen LogP) is 13.8. The summed E-state index contributed by atoms with van der Waals surface area (Å²) in [4.78, 5) is 0.